The van der Waals surface area contributed by atoms with Gasteiger partial charge in [0.05, 0.1) is 19.8 Å². The molecule has 1 aromatic carbocycles. The van der Waals surface area contributed by atoms with Crippen LogP contribution in [0.25, 0.3) is 0 Å². The maximum atomic E-state index is 5.90. The van der Waals surface area contributed by atoms with Crippen molar-refractivity contribution in [2.45, 2.75) is 36.9 Å². The van der Waals surface area contributed by atoms with Crippen molar-refractivity contribution >= 4 is 5.90 Å². The lowest BCUT2D eigenvalue weighted by Crippen LogP contribution is -2.37. The van der Waals surface area contributed by atoms with E-state index in [0.29, 0.717) is 17.9 Å². The lowest BCUT2D eigenvalue weighted by atomic mass is 9.79. The topological polar surface area (TPSA) is 40.0 Å². The van der Waals surface area contributed by atoms with Crippen LogP contribution in [0.4, 0.5) is 0 Å². The Bertz CT molecular complexity index is 635. The molecule has 1 aromatic rings. The Hall–Kier alpha value is -1.39. The Kier molecular flexibility index (Phi) is 2.71. The summed E-state index contributed by atoms with van der Waals surface area (Å²) in [5.74, 6) is 1.24. The van der Waals surface area contributed by atoms with Gasteiger partial charge < -0.3 is 14.2 Å². The Morgan fingerprint density at radius 1 is 1.05 bits per heavy atom. The van der Waals surface area contributed by atoms with Gasteiger partial charge in [0.2, 0.25) is 5.90 Å². The zero-order chi connectivity index (χ0) is 14.6. The first kappa shape index (κ1) is 13.1. The summed E-state index contributed by atoms with van der Waals surface area (Å²) < 4.78 is 17.4. The van der Waals surface area contributed by atoms with Crippen molar-refractivity contribution in [2.75, 3.05) is 26.4 Å². The molecule has 2 unspecified atom stereocenters. The standard InChI is InChI=1S/C18H21NO3/c1-2-13(16-19-6-7-20-16)10-14(3-1)17-4-5-18(12-15(17)11-17)21-8-9-22-18/h1-3,10,15H,4-9,11-12H2. The van der Waals surface area contributed by atoms with Gasteiger partial charge in [0.1, 0.15) is 6.61 Å². The molecule has 4 heteroatoms. The summed E-state index contributed by atoms with van der Waals surface area (Å²) in [5, 5.41) is 0. The molecule has 4 nitrogen and oxygen atoms in total. The van der Waals surface area contributed by atoms with Gasteiger partial charge in [-0.15, -0.1) is 0 Å². The fraction of sp³-hybridized carbons (Fsp3) is 0.611. The molecule has 0 N–H and O–H groups in total. The first-order valence-electron chi connectivity index (χ1n) is 8.36. The first-order valence-corrected chi connectivity index (χ1v) is 8.36. The molecule has 2 saturated carbocycles. The van der Waals surface area contributed by atoms with Crippen LogP contribution in [0.2, 0.25) is 0 Å². The van der Waals surface area contributed by atoms with E-state index >= 15 is 0 Å². The Morgan fingerprint density at radius 3 is 2.73 bits per heavy atom. The van der Waals surface area contributed by atoms with Crippen molar-refractivity contribution in [3.05, 3.63) is 35.4 Å². The molecular weight excluding hydrogens is 278 g/mol. The number of benzene rings is 1. The Labute approximate surface area is 130 Å². The molecule has 0 bridgehead atoms. The van der Waals surface area contributed by atoms with Crippen LogP contribution < -0.4 is 0 Å². The highest BCUT2D eigenvalue weighted by atomic mass is 16.7. The number of fused-ring (bicyclic) bond motifs is 1. The monoisotopic (exact) mass is 299 g/mol. The van der Waals surface area contributed by atoms with Crippen LogP contribution >= 0.6 is 0 Å². The minimum absolute atomic E-state index is 0.263. The lowest BCUT2D eigenvalue weighted by Gasteiger charge is -2.35. The number of hydrogen-bond donors (Lipinski definition) is 0. The molecule has 22 heavy (non-hydrogen) atoms. The minimum atomic E-state index is -0.263. The van der Waals surface area contributed by atoms with Crippen molar-refractivity contribution in [3.63, 3.8) is 0 Å². The number of ether oxygens (including phenoxy) is 3. The summed E-state index contributed by atoms with van der Waals surface area (Å²) in [5.41, 5.74) is 2.92. The summed E-state index contributed by atoms with van der Waals surface area (Å²) in [7, 11) is 0. The van der Waals surface area contributed by atoms with Gasteiger partial charge in [0.25, 0.3) is 0 Å². The van der Waals surface area contributed by atoms with Crippen LogP contribution in [0.1, 0.15) is 36.8 Å². The van der Waals surface area contributed by atoms with E-state index in [-0.39, 0.29) is 5.79 Å². The van der Waals surface area contributed by atoms with Crippen LogP contribution in [0.15, 0.2) is 29.3 Å². The first-order chi connectivity index (χ1) is 10.8. The molecule has 116 valence electrons. The van der Waals surface area contributed by atoms with Gasteiger partial charge in [-0.2, -0.15) is 0 Å². The fourth-order valence-electron chi connectivity index (χ4n) is 4.57. The maximum absolute atomic E-state index is 5.90. The van der Waals surface area contributed by atoms with Crippen molar-refractivity contribution in [1.82, 2.24) is 0 Å². The van der Waals surface area contributed by atoms with Gasteiger partial charge in [-0.1, -0.05) is 12.1 Å². The second-order valence-corrected chi connectivity index (χ2v) is 6.99. The van der Waals surface area contributed by atoms with E-state index in [2.05, 4.69) is 29.3 Å². The third-order valence-corrected chi connectivity index (χ3v) is 5.82. The van der Waals surface area contributed by atoms with Crippen LogP contribution in [0.5, 0.6) is 0 Å². The van der Waals surface area contributed by atoms with E-state index in [0.717, 1.165) is 50.5 Å². The molecule has 2 aliphatic heterocycles. The second-order valence-electron chi connectivity index (χ2n) is 6.99. The highest BCUT2D eigenvalue weighted by Crippen LogP contribution is 2.65. The fourth-order valence-corrected chi connectivity index (χ4v) is 4.57. The zero-order valence-corrected chi connectivity index (χ0v) is 12.7. The molecule has 0 aromatic heterocycles. The van der Waals surface area contributed by atoms with E-state index < -0.39 is 0 Å². The van der Waals surface area contributed by atoms with Crippen molar-refractivity contribution in [1.29, 1.82) is 0 Å². The molecule has 2 aliphatic carbocycles. The molecule has 2 atom stereocenters. The van der Waals surface area contributed by atoms with Gasteiger partial charge in [-0.3, -0.25) is 0 Å². The van der Waals surface area contributed by atoms with E-state index in [9.17, 15) is 0 Å². The van der Waals surface area contributed by atoms with Crippen molar-refractivity contribution in [2.24, 2.45) is 10.9 Å². The highest BCUT2D eigenvalue weighted by Gasteiger charge is 2.62. The average molecular weight is 299 g/mol. The van der Waals surface area contributed by atoms with Gasteiger partial charge in [-0.05, 0) is 41.9 Å². The molecule has 1 saturated heterocycles. The normalized spacial score (nSPS) is 35.1. The minimum Gasteiger partial charge on any atom is -0.476 e. The lowest BCUT2D eigenvalue weighted by molar-refractivity contribution is -0.180. The Morgan fingerprint density at radius 2 is 1.95 bits per heavy atom. The van der Waals surface area contributed by atoms with E-state index in [1.54, 1.807) is 0 Å². The van der Waals surface area contributed by atoms with Crippen LogP contribution in [0.3, 0.4) is 0 Å². The van der Waals surface area contributed by atoms with Gasteiger partial charge >= 0.3 is 0 Å². The molecule has 5 rings (SSSR count). The Balaban J connectivity index is 1.41. The SMILES string of the molecule is c1cc(C2=NCCO2)cc(C23CCC4(CC2C3)OCCO4)c1. The number of aliphatic imine (C=N–C) groups is 1. The van der Waals surface area contributed by atoms with E-state index in [1.807, 2.05) is 0 Å². The summed E-state index contributed by atoms with van der Waals surface area (Å²) in [6.45, 7) is 3.01. The largest absolute Gasteiger partial charge is 0.476 e. The van der Waals surface area contributed by atoms with Crippen LogP contribution in [-0.2, 0) is 19.6 Å². The molecular formula is C18H21NO3. The van der Waals surface area contributed by atoms with E-state index in [4.69, 9.17) is 14.2 Å². The maximum Gasteiger partial charge on any atom is 0.216 e. The predicted molar refractivity (Wildman–Crippen MR) is 82.1 cm³/mol. The summed E-state index contributed by atoms with van der Waals surface area (Å²) >= 11 is 0. The van der Waals surface area contributed by atoms with Gasteiger partial charge in [0, 0.05) is 18.4 Å². The van der Waals surface area contributed by atoms with Crippen LogP contribution in [0, 0.1) is 5.92 Å². The van der Waals surface area contributed by atoms with Gasteiger partial charge in [-0.25, -0.2) is 4.99 Å². The molecule has 3 fully saturated rings. The summed E-state index contributed by atoms with van der Waals surface area (Å²) in [4.78, 5) is 4.44. The molecule has 0 radical (unpaired) electrons. The predicted octanol–water partition coefficient (Wildman–Crippen LogP) is 2.65. The molecule has 2 heterocycles. The average Bonchev–Trinajstić information content (AvgIpc) is 2.93. The zero-order valence-electron chi connectivity index (χ0n) is 12.7. The molecule has 1 spiro atoms. The second kappa shape index (κ2) is 4.56. The van der Waals surface area contributed by atoms with E-state index in [1.165, 1.54) is 12.0 Å². The number of nitrogens with zero attached hydrogens (tertiary/aromatic N) is 1. The summed E-state index contributed by atoms with van der Waals surface area (Å²) in [6.07, 6.45) is 4.49. The number of rotatable bonds is 2. The van der Waals surface area contributed by atoms with Crippen molar-refractivity contribution in [3.8, 4) is 0 Å². The quantitative estimate of drug-likeness (QED) is 0.843. The number of hydrogen-bond acceptors (Lipinski definition) is 4. The van der Waals surface area contributed by atoms with Crippen molar-refractivity contribution < 1.29 is 14.2 Å². The van der Waals surface area contributed by atoms with Gasteiger partial charge in [0.15, 0.2) is 5.79 Å². The summed E-state index contributed by atoms with van der Waals surface area (Å²) in [6, 6.07) is 8.81. The smallest absolute Gasteiger partial charge is 0.216 e. The third kappa shape index (κ3) is 1.87. The molecule has 4 aliphatic rings. The van der Waals surface area contributed by atoms with Crippen LogP contribution in [-0.4, -0.2) is 38.1 Å². The highest BCUT2D eigenvalue weighted by molar-refractivity contribution is 5.95. The molecule has 0 amide bonds. The third-order valence-electron chi connectivity index (χ3n) is 5.82.